The first-order chi connectivity index (χ1) is 13.7. The van der Waals surface area contributed by atoms with E-state index < -0.39 is 0 Å². The minimum atomic E-state index is 0. The van der Waals surface area contributed by atoms with E-state index in [0.717, 1.165) is 64.5 Å². The molecule has 4 rings (SSSR count). The molecule has 4 heterocycles. The molecule has 0 unspecified atom stereocenters. The highest BCUT2D eigenvalue weighted by molar-refractivity contribution is 5.85. The van der Waals surface area contributed by atoms with Crippen molar-refractivity contribution in [3.8, 4) is 0 Å². The summed E-state index contributed by atoms with van der Waals surface area (Å²) in [6, 6.07) is 4.26. The summed E-state index contributed by atoms with van der Waals surface area (Å²) in [5.74, 6) is 1.55. The Balaban J connectivity index is 0.00000240. The van der Waals surface area contributed by atoms with E-state index in [4.69, 9.17) is 4.98 Å². The van der Waals surface area contributed by atoms with Crippen molar-refractivity contribution >= 4 is 23.9 Å². The molecule has 160 valence electrons. The lowest BCUT2D eigenvalue weighted by atomic mass is 9.98. The molecule has 0 radical (unpaired) electrons. The number of hydrogen-bond donors (Lipinski definition) is 1. The van der Waals surface area contributed by atoms with Gasteiger partial charge >= 0.3 is 0 Å². The number of piperidine rings is 1. The Morgan fingerprint density at radius 2 is 1.79 bits per heavy atom. The number of aliphatic hydroxyl groups is 1. The van der Waals surface area contributed by atoms with Gasteiger partial charge in [-0.1, -0.05) is 0 Å². The van der Waals surface area contributed by atoms with Gasteiger partial charge in [-0.05, 0) is 37.8 Å². The van der Waals surface area contributed by atoms with Crippen LogP contribution in [0.1, 0.15) is 24.1 Å². The molecule has 2 saturated heterocycles. The fourth-order valence-electron chi connectivity index (χ4n) is 4.29. The second-order valence-corrected chi connectivity index (χ2v) is 8.10. The second-order valence-electron chi connectivity index (χ2n) is 8.10. The summed E-state index contributed by atoms with van der Waals surface area (Å²) in [5.41, 5.74) is 3.83. The van der Waals surface area contributed by atoms with Crippen molar-refractivity contribution in [2.75, 3.05) is 55.7 Å². The number of pyridine rings is 1. The van der Waals surface area contributed by atoms with Gasteiger partial charge in [-0.25, -0.2) is 4.98 Å². The third-order valence-corrected chi connectivity index (χ3v) is 6.38. The van der Waals surface area contributed by atoms with Gasteiger partial charge in [0.15, 0.2) is 5.82 Å². The minimum absolute atomic E-state index is 0. The molecule has 0 aromatic carbocycles. The Labute approximate surface area is 179 Å². The molecule has 7 nitrogen and oxygen atoms in total. The van der Waals surface area contributed by atoms with Gasteiger partial charge in [0.05, 0.1) is 11.9 Å². The molecule has 1 N–H and O–H groups in total. The Morgan fingerprint density at radius 1 is 1.07 bits per heavy atom. The summed E-state index contributed by atoms with van der Waals surface area (Å²) < 4.78 is 1.95. The van der Waals surface area contributed by atoms with E-state index in [-0.39, 0.29) is 12.4 Å². The topological polar surface area (TPSA) is 60.7 Å². The monoisotopic (exact) mass is 420 g/mol. The van der Waals surface area contributed by atoms with Crippen molar-refractivity contribution in [2.24, 2.45) is 13.0 Å². The average Bonchev–Trinajstić information content (AvgIpc) is 3.06. The molecule has 2 aliphatic heterocycles. The average molecular weight is 421 g/mol. The van der Waals surface area contributed by atoms with Crippen molar-refractivity contribution in [1.29, 1.82) is 0 Å². The Bertz CT molecular complexity index is 781. The zero-order chi connectivity index (χ0) is 19.5. The molecule has 8 heteroatoms. The molecule has 0 aliphatic carbocycles. The van der Waals surface area contributed by atoms with Crippen LogP contribution in [-0.4, -0.2) is 70.6 Å². The van der Waals surface area contributed by atoms with Crippen LogP contribution in [-0.2, 0) is 13.6 Å². The Morgan fingerprint density at radius 3 is 2.41 bits per heavy atom. The molecule has 29 heavy (non-hydrogen) atoms. The lowest BCUT2D eigenvalue weighted by Crippen LogP contribution is -2.46. The molecule has 2 fully saturated rings. The van der Waals surface area contributed by atoms with E-state index in [1.165, 1.54) is 16.9 Å². The van der Waals surface area contributed by atoms with Crippen molar-refractivity contribution in [3.63, 3.8) is 0 Å². The summed E-state index contributed by atoms with van der Waals surface area (Å²) in [4.78, 5) is 12.1. The highest BCUT2D eigenvalue weighted by Gasteiger charge is 2.25. The van der Waals surface area contributed by atoms with Crippen molar-refractivity contribution in [3.05, 3.63) is 35.8 Å². The zero-order valence-corrected chi connectivity index (χ0v) is 18.3. The minimum Gasteiger partial charge on any atom is -0.396 e. The number of halogens is 1. The predicted molar refractivity (Wildman–Crippen MR) is 119 cm³/mol. The van der Waals surface area contributed by atoms with E-state index in [9.17, 15) is 5.11 Å². The molecule has 0 atom stereocenters. The highest BCUT2D eigenvalue weighted by atomic mass is 35.5. The lowest BCUT2D eigenvalue weighted by molar-refractivity contribution is 0.202. The van der Waals surface area contributed by atoms with Crippen LogP contribution >= 0.6 is 12.4 Å². The van der Waals surface area contributed by atoms with Crippen molar-refractivity contribution in [2.45, 2.75) is 26.3 Å². The van der Waals surface area contributed by atoms with Crippen LogP contribution in [0.25, 0.3) is 0 Å². The summed E-state index contributed by atoms with van der Waals surface area (Å²) in [6.45, 7) is 9.52. The maximum absolute atomic E-state index is 9.40. The fourth-order valence-corrected chi connectivity index (χ4v) is 4.29. The maximum Gasteiger partial charge on any atom is 0.152 e. The third kappa shape index (κ3) is 4.85. The van der Waals surface area contributed by atoms with Gasteiger partial charge in [0.2, 0.25) is 0 Å². The molecule has 0 amide bonds. The molecule has 2 aliphatic rings. The van der Waals surface area contributed by atoms with Gasteiger partial charge in [-0.3, -0.25) is 9.58 Å². The van der Waals surface area contributed by atoms with Crippen LogP contribution in [0.5, 0.6) is 0 Å². The second kappa shape index (κ2) is 9.78. The maximum atomic E-state index is 9.40. The van der Waals surface area contributed by atoms with E-state index in [1.54, 1.807) is 0 Å². The molecular weight excluding hydrogens is 388 g/mol. The number of aromatic nitrogens is 3. The first-order valence-electron chi connectivity index (χ1n) is 10.4. The normalized spacial score (nSPS) is 18.7. The number of aryl methyl sites for hydroxylation is 1. The first-order valence-corrected chi connectivity index (χ1v) is 10.4. The zero-order valence-electron chi connectivity index (χ0n) is 17.5. The van der Waals surface area contributed by atoms with Crippen LogP contribution in [0, 0.1) is 12.8 Å². The number of rotatable bonds is 5. The Kier molecular flexibility index (Phi) is 7.38. The van der Waals surface area contributed by atoms with Crippen LogP contribution in [0.4, 0.5) is 11.5 Å². The summed E-state index contributed by atoms with van der Waals surface area (Å²) in [7, 11) is 2.00. The van der Waals surface area contributed by atoms with E-state index in [1.807, 2.05) is 30.2 Å². The van der Waals surface area contributed by atoms with Gasteiger partial charge in [-0.15, -0.1) is 12.4 Å². The highest BCUT2D eigenvalue weighted by Crippen LogP contribution is 2.31. The largest absolute Gasteiger partial charge is 0.396 e. The van der Waals surface area contributed by atoms with E-state index >= 15 is 0 Å². The van der Waals surface area contributed by atoms with Gasteiger partial charge in [0.25, 0.3) is 0 Å². The predicted octanol–water partition coefficient (Wildman–Crippen LogP) is 2.08. The molecule has 2 aromatic heterocycles. The number of anilines is 2. The third-order valence-electron chi connectivity index (χ3n) is 6.38. The molecule has 0 bridgehead atoms. The lowest BCUT2D eigenvalue weighted by Gasteiger charge is -2.39. The number of piperazine rings is 1. The van der Waals surface area contributed by atoms with Gasteiger partial charge in [-0.2, -0.15) is 5.10 Å². The molecule has 0 spiro atoms. The van der Waals surface area contributed by atoms with Crippen LogP contribution in [0.2, 0.25) is 0 Å². The van der Waals surface area contributed by atoms with E-state index in [2.05, 4.69) is 32.8 Å². The van der Waals surface area contributed by atoms with Gasteiger partial charge in [0, 0.05) is 76.9 Å². The summed E-state index contributed by atoms with van der Waals surface area (Å²) >= 11 is 0. The fraction of sp³-hybridized carbons (Fsp3) is 0.619. The molecule has 0 saturated carbocycles. The van der Waals surface area contributed by atoms with Crippen molar-refractivity contribution < 1.29 is 5.11 Å². The molecule has 2 aromatic rings. The smallest absolute Gasteiger partial charge is 0.152 e. The quantitative estimate of drug-likeness (QED) is 0.799. The van der Waals surface area contributed by atoms with Crippen LogP contribution in [0.15, 0.2) is 24.5 Å². The standard InChI is InChI=1S/C21H32N6O.ClH/c1-17-19(14-23-24(17)2)15-25-10-12-26(13-11-25)20-4-3-7-22-21(20)27-8-5-18(16-28)6-9-27;/h3-4,7,14,18,28H,5-6,8-13,15-16H2,1-2H3;1H. The van der Waals surface area contributed by atoms with Gasteiger partial charge < -0.3 is 14.9 Å². The number of aliphatic hydroxyl groups excluding tert-OH is 1. The Hall–Kier alpha value is -1.83. The summed E-state index contributed by atoms with van der Waals surface area (Å²) in [5, 5.41) is 13.8. The van der Waals surface area contributed by atoms with Gasteiger partial charge in [0.1, 0.15) is 0 Å². The SMILES string of the molecule is Cc1c(CN2CCN(c3cccnc3N3CCC(CO)CC3)CC2)cnn1C.Cl. The number of hydrogen-bond acceptors (Lipinski definition) is 6. The van der Waals surface area contributed by atoms with Crippen LogP contribution < -0.4 is 9.80 Å². The molecular formula is C21H33ClN6O. The van der Waals surface area contributed by atoms with E-state index in [0.29, 0.717) is 12.5 Å². The van der Waals surface area contributed by atoms with Crippen molar-refractivity contribution in [1.82, 2.24) is 19.7 Å². The first kappa shape index (κ1) is 21.9. The summed E-state index contributed by atoms with van der Waals surface area (Å²) in [6.07, 6.45) is 5.99. The van der Waals surface area contributed by atoms with Crippen LogP contribution in [0.3, 0.4) is 0 Å². The number of nitrogens with zero attached hydrogens (tertiary/aromatic N) is 6.